The zero-order valence-electron chi connectivity index (χ0n) is 14.0. The lowest BCUT2D eigenvalue weighted by atomic mass is 10.0. The second-order valence-electron chi connectivity index (χ2n) is 4.51. The number of alkyl halides is 2. The molecule has 0 amide bonds. The molecule has 2 heteroatoms. The van der Waals surface area contributed by atoms with Gasteiger partial charge in [-0.05, 0) is 37.1 Å². The fourth-order valence-electron chi connectivity index (χ4n) is 2.08. The van der Waals surface area contributed by atoms with Crippen LogP contribution in [-0.4, -0.2) is 0 Å². The number of fused-ring (bicyclic) bond motifs is 1. The van der Waals surface area contributed by atoms with Crippen LogP contribution in [0.3, 0.4) is 0 Å². The molecule has 0 atom stereocenters. The normalized spacial score (nSPS) is 16.4. The summed E-state index contributed by atoms with van der Waals surface area (Å²) in [5.41, 5.74) is 2.37. The molecule has 0 saturated carbocycles. The van der Waals surface area contributed by atoms with Gasteiger partial charge in [0.05, 0.1) is 0 Å². The average Bonchev–Trinajstić information content (AvgIpc) is 2.64. The number of hydrogen-bond acceptors (Lipinski definition) is 0. The van der Waals surface area contributed by atoms with Gasteiger partial charge in [0, 0.05) is 11.1 Å². The molecule has 0 aromatic heterocycles. The first-order chi connectivity index (χ1) is 9.84. The van der Waals surface area contributed by atoms with Gasteiger partial charge in [-0.2, -0.15) is 8.78 Å². The van der Waals surface area contributed by atoms with E-state index in [4.69, 9.17) is 0 Å². The lowest BCUT2D eigenvalue weighted by molar-refractivity contribution is 0.0478. The van der Waals surface area contributed by atoms with Gasteiger partial charge in [-0.1, -0.05) is 64.1 Å². The third-order valence-corrected chi connectivity index (χ3v) is 2.89. The minimum absolute atomic E-state index is 0.0365. The summed E-state index contributed by atoms with van der Waals surface area (Å²) >= 11 is 0. The van der Waals surface area contributed by atoms with E-state index in [1.165, 1.54) is 12.1 Å². The molecule has 116 valence electrons. The number of hydrogen-bond donors (Lipinski definition) is 0. The van der Waals surface area contributed by atoms with Gasteiger partial charge in [-0.25, -0.2) is 0 Å². The van der Waals surface area contributed by atoms with Crippen molar-refractivity contribution in [1.82, 2.24) is 0 Å². The second kappa shape index (κ2) is 7.92. The number of aryl methyl sites for hydroxylation is 1. The van der Waals surface area contributed by atoms with Crippen molar-refractivity contribution < 1.29 is 8.78 Å². The van der Waals surface area contributed by atoms with Crippen LogP contribution in [0.4, 0.5) is 8.78 Å². The van der Waals surface area contributed by atoms with E-state index in [9.17, 15) is 8.78 Å². The van der Waals surface area contributed by atoms with Crippen LogP contribution in [0, 0.1) is 6.92 Å². The van der Waals surface area contributed by atoms with Gasteiger partial charge in [0.25, 0.3) is 5.92 Å². The van der Waals surface area contributed by atoms with Gasteiger partial charge in [-0.15, -0.1) is 0 Å². The maximum atomic E-state index is 14.2. The highest BCUT2D eigenvalue weighted by molar-refractivity contribution is 5.87. The first-order valence-corrected chi connectivity index (χ1v) is 7.40. The minimum atomic E-state index is -2.96. The molecule has 0 N–H and O–H groups in total. The first kappa shape index (κ1) is 19.3. The SMILES string of the molecule is C=C(C)/C=C1\C(=C)c2ccc(C)cc2C1(F)F.CC.CC. The second-order valence-corrected chi connectivity index (χ2v) is 4.51. The molecule has 0 spiro atoms. The zero-order valence-corrected chi connectivity index (χ0v) is 14.0. The van der Waals surface area contributed by atoms with Crippen molar-refractivity contribution in [1.29, 1.82) is 0 Å². The van der Waals surface area contributed by atoms with E-state index < -0.39 is 5.92 Å². The van der Waals surface area contributed by atoms with Crippen molar-refractivity contribution in [2.45, 2.75) is 47.5 Å². The first-order valence-electron chi connectivity index (χ1n) is 7.40. The maximum Gasteiger partial charge on any atom is 0.299 e. The van der Waals surface area contributed by atoms with Crippen molar-refractivity contribution in [2.24, 2.45) is 0 Å². The minimum Gasteiger partial charge on any atom is -0.196 e. The van der Waals surface area contributed by atoms with Crippen molar-refractivity contribution in [3.63, 3.8) is 0 Å². The van der Waals surface area contributed by atoms with E-state index in [0.717, 1.165) is 5.56 Å². The lowest BCUT2D eigenvalue weighted by Crippen LogP contribution is -2.11. The Bertz CT molecular complexity index is 549. The lowest BCUT2D eigenvalue weighted by Gasteiger charge is -2.13. The summed E-state index contributed by atoms with van der Waals surface area (Å²) in [5, 5.41) is 0. The van der Waals surface area contributed by atoms with Gasteiger partial charge in [-0.3, -0.25) is 0 Å². The standard InChI is InChI=1S/C15H14F2.2C2H6/c1-9(2)7-13-11(4)12-6-5-10(3)8-14(12)15(13,16)17;2*1-2/h5-8H,1,4H2,2-3H3;2*1-2H3/b13-7+;;. The molecule has 2 rings (SSSR count). The van der Waals surface area contributed by atoms with Crippen LogP contribution in [0.25, 0.3) is 5.57 Å². The predicted octanol–water partition coefficient (Wildman–Crippen LogP) is 6.67. The van der Waals surface area contributed by atoms with Gasteiger partial charge < -0.3 is 0 Å². The third-order valence-electron chi connectivity index (χ3n) is 2.89. The topological polar surface area (TPSA) is 0 Å². The third kappa shape index (κ3) is 3.90. The number of halogens is 2. The molecule has 1 aliphatic rings. The Balaban J connectivity index is 0.000000921. The van der Waals surface area contributed by atoms with Crippen LogP contribution in [0.2, 0.25) is 0 Å². The number of allylic oxidation sites excluding steroid dienone is 4. The molecule has 0 aliphatic heterocycles. The van der Waals surface area contributed by atoms with Gasteiger partial charge in [0.2, 0.25) is 0 Å². The Morgan fingerprint density at radius 3 is 2.14 bits per heavy atom. The summed E-state index contributed by atoms with van der Waals surface area (Å²) in [4.78, 5) is 0. The highest BCUT2D eigenvalue weighted by Crippen LogP contribution is 2.51. The molecule has 0 nitrogen and oxygen atoms in total. The van der Waals surface area contributed by atoms with Crippen LogP contribution in [-0.2, 0) is 5.92 Å². The fraction of sp³-hybridized carbons (Fsp3) is 0.368. The molecule has 21 heavy (non-hydrogen) atoms. The van der Waals surface area contributed by atoms with Crippen molar-refractivity contribution in [2.75, 3.05) is 0 Å². The Morgan fingerprint density at radius 1 is 1.14 bits per heavy atom. The van der Waals surface area contributed by atoms with Crippen molar-refractivity contribution in [3.8, 4) is 0 Å². The summed E-state index contributed by atoms with van der Waals surface area (Å²) in [6.07, 6.45) is 1.41. The Morgan fingerprint density at radius 2 is 1.67 bits per heavy atom. The molecule has 0 unspecified atom stereocenters. The quantitative estimate of drug-likeness (QED) is 0.542. The molecule has 0 bridgehead atoms. The molecule has 0 heterocycles. The van der Waals surface area contributed by atoms with E-state index >= 15 is 0 Å². The number of benzene rings is 1. The van der Waals surface area contributed by atoms with E-state index in [2.05, 4.69) is 13.2 Å². The summed E-state index contributed by atoms with van der Waals surface area (Å²) in [5.74, 6) is -2.96. The molecule has 0 saturated heterocycles. The molecular weight excluding hydrogens is 266 g/mol. The van der Waals surface area contributed by atoms with Crippen LogP contribution in [0.15, 0.2) is 48.6 Å². The van der Waals surface area contributed by atoms with Crippen LogP contribution < -0.4 is 0 Å². The van der Waals surface area contributed by atoms with E-state index in [0.29, 0.717) is 16.7 Å². The highest BCUT2D eigenvalue weighted by Gasteiger charge is 2.46. The Hall–Kier alpha value is -1.70. The van der Waals surface area contributed by atoms with Crippen LogP contribution >= 0.6 is 0 Å². The molecule has 1 aromatic carbocycles. The van der Waals surface area contributed by atoms with Gasteiger partial charge in [0.1, 0.15) is 0 Å². The Kier molecular flexibility index (Phi) is 7.28. The molecular formula is C19H26F2. The van der Waals surface area contributed by atoms with E-state index in [1.807, 2.05) is 33.8 Å². The monoisotopic (exact) mass is 292 g/mol. The molecule has 1 aromatic rings. The largest absolute Gasteiger partial charge is 0.299 e. The van der Waals surface area contributed by atoms with Gasteiger partial charge in [0.15, 0.2) is 0 Å². The van der Waals surface area contributed by atoms with E-state index in [-0.39, 0.29) is 11.1 Å². The van der Waals surface area contributed by atoms with Crippen molar-refractivity contribution in [3.05, 3.63) is 65.3 Å². The summed E-state index contributed by atoms with van der Waals surface area (Å²) in [7, 11) is 0. The molecule has 1 aliphatic carbocycles. The zero-order chi connectivity index (χ0) is 16.8. The summed E-state index contributed by atoms with van der Waals surface area (Å²) < 4.78 is 28.4. The fourth-order valence-corrected chi connectivity index (χ4v) is 2.08. The number of rotatable bonds is 1. The van der Waals surface area contributed by atoms with Crippen molar-refractivity contribution >= 4 is 5.57 Å². The summed E-state index contributed by atoms with van der Waals surface area (Å²) in [6, 6.07) is 5.06. The molecule has 0 fully saturated rings. The summed E-state index contributed by atoms with van der Waals surface area (Å²) in [6.45, 7) is 18.9. The van der Waals surface area contributed by atoms with E-state index in [1.54, 1.807) is 19.9 Å². The predicted molar refractivity (Wildman–Crippen MR) is 89.7 cm³/mol. The van der Waals surface area contributed by atoms with Gasteiger partial charge >= 0.3 is 0 Å². The maximum absolute atomic E-state index is 14.2. The highest BCUT2D eigenvalue weighted by atomic mass is 19.3. The Labute approximate surface area is 127 Å². The average molecular weight is 292 g/mol. The van der Waals surface area contributed by atoms with Crippen LogP contribution in [0.5, 0.6) is 0 Å². The van der Waals surface area contributed by atoms with Crippen LogP contribution in [0.1, 0.15) is 51.3 Å². The smallest absolute Gasteiger partial charge is 0.196 e. The molecule has 0 radical (unpaired) electrons.